The molecule has 0 aromatic heterocycles. The molecular weight excluding hydrogens is 179 g/mol. The van der Waals surface area contributed by atoms with Crippen LogP contribution in [0, 0.1) is 0 Å². The third-order valence-corrected chi connectivity index (χ3v) is 2.32. The molecule has 0 atom stereocenters. The van der Waals surface area contributed by atoms with E-state index in [1.165, 1.54) is 0 Å². The number of unbranched alkanes of at least 4 members (excludes halogenated alkanes) is 4. The van der Waals surface area contributed by atoms with Crippen LogP contribution in [-0.4, -0.2) is 14.2 Å². The van der Waals surface area contributed by atoms with Gasteiger partial charge in [-0.25, -0.2) is 0 Å². The highest BCUT2D eigenvalue weighted by Gasteiger charge is 2.04. The van der Waals surface area contributed by atoms with Gasteiger partial charge in [-0.05, 0) is 19.3 Å². The van der Waals surface area contributed by atoms with E-state index in [-0.39, 0.29) is 5.75 Å². The van der Waals surface area contributed by atoms with Gasteiger partial charge in [0.25, 0.3) is 0 Å². The van der Waals surface area contributed by atoms with Gasteiger partial charge >= 0.3 is 10.2 Å². The van der Waals surface area contributed by atoms with Gasteiger partial charge in [-0.1, -0.05) is 18.9 Å². The zero-order valence-electron chi connectivity index (χ0n) is 7.13. The van der Waals surface area contributed by atoms with Crippen LogP contribution in [0.25, 0.3) is 0 Å². The minimum absolute atomic E-state index is 0.332. The van der Waals surface area contributed by atoms with Crippen molar-refractivity contribution in [3.8, 4) is 0 Å². The standard InChI is InChI=1S/C8H15FO2S/c1-2-3-4-5-6-7-8-12(9,10)11/h2H,1,3-8H2. The smallest absolute Gasteiger partial charge is 0.195 e. The summed E-state index contributed by atoms with van der Waals surface area (Å²) in [7, 11) is -4.24. The Morgan fingerprint density at radius 1 is 1.17 bits per heavy atom. The van der Waals surface area contributed by atoms with E-state index < -0.39 is 10.2 Å². The lowest BCUT2D eigenvalue weighted by Gasteiger charge is -1.96. The first-order valence-corrected chi connectivity index (χ1v) is 5.65. The first kappa shape index (κ1) is 11.6. The van der Waals surface area contributed by atoms with Crippen LogP contribution >= 0.6 is 0 Å². The molecule has 2 nitrogen and oxygen atoms in total. The average Bonchev–Trinajstić information content (AvgIpc) is 1.94. The Bertz CT molecular complexity index is 209. The highest BCUT2D eigenvalue weighted by atomic mass is 32.3. The van der Waals surface area contributed by atoms with Crippen molar-refractivity contribution in [3.63, 3.8) is 0 Å². The van der Waals surface area contributed by atoms with E-state index in [4.69, 9.17) is 0 Å². The predicted molar refractivity (Wildman–Crippen MR) is 48.2 cm³/mol. The van der Waals surface area contributed by atoms with Crippen LogP contribution in [-0.2, 0) is 10.2 Å². The number of hydrogen-bond acceptors (Lipinski definition) is 2. The predicted octanol–water partition coefficient (Wildman–Crippen LogP) is 2.42. The molecule has 0 N–H and O–H groups in total. The zero-order chi connectivity index (χ0) is 9.45. The average molecular weight is 194 g/mol. The minimum Gasteiger partial charge on any atom is -0.195 e. The van der Waals surface area contributed by atoms with Crippen LogP contribution in [0.1, 0.15) is 32.1 Å². The lowest BCUT2D eigenvalue weighted by atomic mass is 10.2. The van der Waals surface area contributed by atoms with Gasteiger partial charge in [0.2, 0.25) is 0 Å². The number of rotatable bonds is 7. The molecule has 4 heteroatoms. The molecule has 0 fully saturated rings. The Hall–Kier alpha value is -0.380. The molecule has 0 aromatic rings. The van der Waals surface area contributed by atoms with Crippen molar-refractivity contribution in [2.24, 2.45) is 0 Å². The van der Waals surface area contributed by atoms with Gasteiger partial charge in [-0.3, -0.25) is 0 Å². The van der Waals surface area contributed by atoms with Crippen molar-refractivity contribution in [2.45, 2.75) is 32.1 Å². The van der Waals surface area contributed by atoms with Gasteiger partial charge in [0.1, 0.15) is 0 Å². The van der Waals surface area contributed by atoms with E-state index in [1.54, 1.807) is 0 Å². The zero-order valence-corrected chi connectivity index (χ0v) is 7.95. The van der Waals surface area contributed by atoms with Crippen LogP contribution < -0.4 is 0 Å². The van der Waals surface area contributed by atoms with Crippen LogP contribution in [0.4, 0.5) is 3.89 Å². The maximum atomic E-state index is 11.9. The van der Waals surface area contributed by atoms with E-state index in [0.29, 0.717) is 6.42 Å². The van der Waals surface area contributed by atoms with Crippen LogP contribution in [0.3, 0.4) is 0 Å². The molecule has 0 bridgehead atoms. The molecule has 0 radical (unpaired) electrons. The summed E-state index contributed by atoms with van der Waals surface area (Å²) in [5.41, 5.74) is 0. The van der Waals surface area contributed by atoms with Crippen molar-refractivity contribution >= 4 is 10.2 Å². The van der Waals surface area contributed by atoms with Gasteiger partial charge in [0.15, 0.2) is 0 Å². The monoisotopic (exact) mass is 194 g/mol. The first-order chi connectivity index (χ1) is 5.56. The molecule has 0 aromatic carbocycles. The number of hydrogen-bond donors (Lipinski definition) is 0. The fraction of sp³-hybridized carbons (Fsp3) is 0.750. The molecular formula is C8H15FO2S. The Morgan fingerprint density at radius 3 is 2.25 bits per heavy atom. The fourth-order valence-corrected chi connectivity index (χ4v) is 1.47. The second-order valence-corrected chi connectivity index (χ2v) is 4.22. The second kappa shape index (κ2) is 6.17. The SMILES string of the molecule is C=CCCCCCCS(=O)(=O)F. The second-order valence-electron chi connectivity index (χ2n) is 2.73. The van der Waals surface area contributed by atoms with Crippen molar-refractivity contribution in [2.75, 3.05) is 5.75 Å². The topological polar surface area (TPSA) is 34.1 Å². The van der Waals surface area contributed by atoms with E-state index in [0.717, 1.165) is 25.7 Å². The van der Waals surface area contributed by atoms with Crippen LogP contribution in [0.2, 0.25) is 0 Å². The molecule has 0 unspecified atom stereocenters. The maximum absolute atomic E-state index is 11.9. The molecule has 12 heavy (non-hydrogen) atoms. The van der Waals surface area contributed by atoms with Gasteiger partial charge in [-0.15, -0.1) is 10.5 Å². The quantitative estimate of drug-likeness (QED) is 0.354. The Kier molecular flexibility index (Phi) is 5.98. The summed E-state index contributed by atoms with van der Waals surface area (Å²) in [6.45, 7) is 3.56. The molecule has 0 spiro atoms. The molecule has 0 heterocycles. The summed E-state index contributed by atoms with van der Waals surface area (Å²) in [6.07, 6.45) is 5.93. The van der Waals surface area contributed by atoms with Crippen molar-refractivity contribution < 1.29 is 12.3 Å². The molecule has 72 valence electrons. The lowest BCUT2D eigenvalue weighted by Crippen LogP contribution is -1.97. The summed E-state index contributed by atoms with van der Waals surface area (Å²) in [5.74, 6) is -0.332. The Morgan fingerprint density at radius 2 is 1.75 bits per heavy atom. The number of halogens is 1. The molecule has 0 aliphatic heterocycles. The lowest BCUT2D eigenvalue weighted by molar-refractivity contribution is 0.545. The summed E-state index contributed by atoms with van der Waals surface area (Å²) in [5, 5.41) is 0. The summed E-state index contributed by atoms with van der Waals surface area (Å²) in [6, 6.07) is 0. The number of allylic oxidation sites excluding steroid dienone is 1. The van der Waals surface area contributed by atoms with Gasteiger partial charge in [-0.2, -0.15) is 8.42 Å². The molecule has 0 amide bonds. The maximum Gasteiger partial charge on any atom is 0.302 e. The van der Waals surface area contributed by atoms with E-state index in [1.807, 2.05) is 6.08 Å². The Labute approximate surface area is 73.7 Å². The van der Waals surface area contributed by atoms with Crippen molar-refractivity contribution in [3.05, 3.63) is 12.7 Å². The molecule has 0 aliphatic carbocycles. The van der Waals surface area contributed by atoms with Crippen LogP contribution in [0.15, 0.2) is 12.7 Å². The third-order valence-electron chi connectivity index (χ3n) is 1.55. The van der Waals surface area contributed by atoms with Crippen LogP contribution in [0.5, 0.6) is 0 Å². The largest absolute Gasteiger partial charge is 0.302 e. The highest BCUT2D eigenvalue weighted by Crippen LogP contribution is 2.05. The van der Waals surface area contributed by atoms with E-state index in [9.17, 15) is 12.3 Å². The molecule has 0 rings (SSSR count). The molecule has 0 aliphatic rings. The summed E-state index contributed by atoms with van der Waals surface area (Å²) < 4.78 is 32.0. The Balaban J connectivity index is 3.17. The van der Waals surface area contributed by atoms with Gasteiger partial charge < -0.3 is 0 Å². The normalized spacial score (nSPS) is 11.4. The first-order valence-electron chi connectivity index (χ1n) is 4.09. The van der Waals surface area contributed by atoms with Gasteiger partial charge in [0, 0.05) is 0 Å². The molecule has 0 saturated carbocycles. The fourth-order valence-electron chi connectivity index (χ4n) is 0.917. The van der Waals surface area contributed by atoms with Gasteiger partial charge in [0.05, 0.1) is 5.75 Å². The molecule has 0 saturated heterocycles. The third kappa shape index (κ3) is 9.62. The van der Waals surface area contributed by atoms with E-state index in [2.05, 4.69) is 6.58 Å². The summed E-state index contributed by atoms with van der Waals surface area (Å²) >= 11 is 0. The minimum atomic E-state index is -4.24. The van der Waals surface area contributed by atoms with Crippen molar-refractivity contribution in [1.29, 1.82) is 0 Å². The summed E-state index contributed by atoms with van der Waals surface area (Å²) in [4.78, 5) is 0. The van der Waals surface area contributed by atoms with Crippen molar-refractivity contribution in [1.82, 2.24) is 0 Å². The van der Waals surface area contributed by atoms with E-state index >= 15 is 0 Å². The highest BCUT2D eigenvalue weighted by molar-refractivity contribution is 7.86.